The van der Waals surface area contributed by atoms with Gasteiger partial charge in [-0.25, -0.2) is 14.5 Å². The van der Waals surface area contributed by atoms with Gasteiger partial charge in [0.05, 0.1) is 12.6 Å². The molecule has 1 aliphatic rings. The Morgan fingerprint density at radius 1 is 1.25 bits per heavy atom. The number of imidazole rings is 1. The highest BCUT2D eigenvalue weighted by Crippen LogP contribution is 2.27. The monoisotopic (exact) mass is 324 g/mol. The van der Waals surface area contributed by atoms with Crippen molar-refractivity contribution in [3.8, 4) is 11.4 Å². The van der Waals surface area contributed by atoms with Crippen LogP contribution in [0.3, 0.4) is 0 Å². The van der Waals surface area contributed by atoms with E-state index in [0.29, 0.717) is 18.9 Å². The van der Waals surface area contributed by atoms with Crippen molar-refractivity contribution in [2.45, 2.75) is 19.5 Å². The number of hydrogen-bond donors (Lipinski definition) is 2. The maximum atomic E-state index is 12.6. The Balaban J connectivity index is 1.65. The van der Waals surface area contributed by atoms with E-state index in [1.807, 2.05) is 41.9 Å². The van der Waals surface area contributed by atoms with Crippen LogP contribution in [-0.2, 0) is 6.54 Å². The first-order valence-corrected chi connectivity index (χ1v) is 7.72. The average molecular weight is 324 g/mol. The molecule has 0 fully saturated rings. The highest BCUT2D eigenvalue weighted by molar-refractivity contribution is 5.92. The molecule has 0 unspecified atom stereocenters. The summed E-state index contributed by atoms with van der Waals surface area (Å²) in [5.74, 6) is 1.17. The Kier molecular flexibility index (Phi) is 3.30. The molecule has 8 nitrogen and oxygen atoms in total. The molecule has 0 radical (unpaired) electrons. The molecule has 1 aliphatic heterocycles. The maximum Gasteiger partial charge on any atom is 0.323 e. The zero-order valence-corrected chi connectivity index (χ0v) is 13.1. The molecule has 4 rings (SSSR count). The molecule has 1 aromatic carbocycles. The second-order valence-corrected chi connectivity index (χ2v) is 5.71. The smallest absolute Gasteiger partial charge is 0.323 e. The summed E-state index contributed by atoms with van der Waals surface area (Å²) in [7, 11) is 0. The fraction of sp³-hybridized carbons (Fsp3) is 0.250. The molecule has 0 saturated heterocycles. The Morgan fingerprint density at radius 2 is 2.04 bits per heavy atom. The maximum absolute atomic E-state index is 12.6. The van der Waals surface area contributed by atoms with Crippen LogP contribution in [-0.4, -0.2) is 42.1 Å². The number of rotatable bonds is 2. The van der Waals surface area contributed by atoms with Gasteiger partial charge in [-0.05, 0) is 6.92 Å². The van der Waals surface area contributed by atoms with Gasteiger partial charge in [0.25, 0.3) is 5.91 Å². The third-order valence-electron chi connectivity index (χ3n) is 4.21. The third-order valence-corrected chi connectivity index (χ3v) is 4.21. The summed E-state index contributed by atoms with van der Waals surface area (Å²) in [5, 5.41) is 4.55. The van der Waals surface area contributed by atoms with E-state index in [1.165, 1.54) is 6.20 Å². The molecule has 8 heteroatoms. The van der Waals surface area contributed by atoms with E-state index in [4.69, 9.17) is 0 Å². The van der Waals surface area contributed by atoms with E-state index in [1.54, 1.807) is 4.90 Å². The third kappa shape index (κ3) is 2.32. The minimum atomic E-state index is -0.391. The first-order chi connectivity index (χ1) is 11.6. The highest BCUT2D eigenvalue weighted by Gasteiger charge is 2.31. The lowest BCUT2D eigenvalue weighted by Gasteiger charge is -2.32. The second-order valence-electron chi connectivity index (χ2n) is 5.71. The van der Waals surface area contributed by atoms with Crippen LogP contribution in [0.1, 0.15) is 29.3 Å². The summed E-state index contributed by atoms with van der Waals surface area (Å²) in [4.78, 5) is 35.1. The Labute approximate surface area is 137 Å². The van der Waals surface area contributed by atoms with Gasteiger partial charge in [0, 0.05) is 18.3 Å². The van der Waals surface area contributed by atoms with Gasteiger partial charge in [-0.3, -0.25) is 4.79 Å². The van der Waals surface area contributed by atoms with Crippen LogP contribution in [0.5, 0.6) is 0 Å². The summed E-state index contributed by atoms with van der Waals surface area (Å²) < 4.78 is 1.84. The number of hydrogen-bond acceptors (Lipinski definition) is 4. The number of amides is 1. The molecule has 1 atom stereocenters. The normalized spacial score (nSPS) is 16.9. The fourth-order valence-corrected chi connectivity index (χ4v) is 2.95. The van der Waals surface area contributed by atoms with Crippen molar-refractivity contribution >= 4 is 5.91 Å². The quantitative estimate of drug-likeness (QED) is 0.739. The zero-order valence-electron chi connectivity index (χ0n) is 13.1. The summed E-state index contributed by atoms with van der Waals surface area (Å²) in [6.07, 6.45) is 1.39. The van der Waals surface area contributed by atoms with E-state index in [-0.39, 0.29) is 17.6 Å². The van der Waals surface area contributed by atoms with Crippen LogP contribution in [0.15, 0.2) is 41.3 Å². The van der Waals surface area contributed by atoms with Crippen molar-refractivity contribution in [3.05, 3.63) is 58.5 Å². The molecule has 0 bridgehead atoms. The van der Waals surface area contributed by atoms with Gasteiger partial charge >= 0.3 is 5.69 Å². The van der Waals surface area contributed by atoms with Crippen LogP contribution in [0.25, 0.3) is 11.4 Å². The summed E-state index contributed by atoms with van der Waals surface area (Å²) in [5.41, 5.74) is 0.806. The Morgan fingerprint density at radius 3 is 2.75 bits per heavy atom. The van der Waals surface area contributed by atoms with Gasteiger partial charge in [0.1, 0.15) is 11.5 Å². The van der Waals surface area contributed by atoms with Gasteiger partial charge in [0.15, 0.2) is 5.82 Å². The Bertz CT molecular complexity index is 939. The van der Waals surface area contributed by atoms with Crippen LogP contribution in [0.2, 0.25) is 0 Å². The minimum absolute atomic E-state index is 0.226. The van der Waals surface area contributed by atoms with Crippen LogP contribution >= 0.6 is 0 Å². The van der Waals surface area contributed by atoms with Crippen LogP contribution < -0.4 is 5.69 Å². The molecule has 0 aliphatic carbocycles. The number of carbonyl (C=O) groups excluding carboxylic acids is 1. The minimum Gasteiger partial charge on any atom is -0.326 e. The predicted molar refractivity (Wildman–Crippen MR) is 86.3 cm³/mol. The molecular weight excluding hydrogens is 308 g/mol. The highest BCUT2D eigenvalue weighted by atomic mass is 16.2. The molecular formula is C16H16N6O2. The van der Waals surface area contributed by atoms with Gasteiger partial charge in [-0.2, -0.15) is 5.10 Å². The lowest BCUT2D eigenvalue weighted by molar-refractivity contribution is 0.0625. The number of benzene rings is 1. The van der Waals surface area contributed by atoms with Gasteiger partial charge in [0.2, 0.25) is 0 Å². The van der Waals surface area contributed by atoms with Crippen molar-refractivity contribution < 1.29 is 4.79 Å². The first kappa shape index (κ1) is 14.4. The van der Waals surface area contributed by atoms with Gasteiger partial charge in [-0.1, -0.05) is 30.3 Å². The van der Waals surface area contributed by atoms with E-state index in [0.717, 1.165) is 11.4 Å². The van der Waals surface area contributed by atoms with Crippen molar-refractivity contribution in [1.29, 1.82) is 0 Å². The van der Waals surface area contributed by atoms with E-state index in [2.05, 4.69) is 20.1 Å². The van der Waals surface area contributed by atoms with E-state index in [9.17, 15) is 9.59 Å². The van der Waals surface area contributed by atoms with Crippen molar-refractivity contribution in [2.24, 2.45) is 0 Å². The lowest BCUT2D eigenvalue weighted by Crippen LogP contribution is -2.41. The second kappa shape index (κ2) is 5.48. The molecule has 3 heterocycles. The molecule has 2 N–H and O–H groups in total. The molecule has 1 amide bonds. The van der Waals surface area contributed by atoms with Gasteiger partial charge in [-0.15, -0.1) is 0 Å². The van der Waals surface area contributed by atoms with E-state index < -0.39 is 5.69 Å². The predicted octanol–water partition coefficient (Wildman–Crippen LogP) is 1.18. The van der Waals surface area contributed by atoms with E-state index >= 15 is 0 Å². The van der Waals surface area contributed by atoms with Crippen molar-refractivity contribution in [2.75, 3.05) is 6.54 Å². The molecule has 2 aromatic heterocycles. The number of nitrogens with zero attached hydrogens (tertiary/aromatic N) is 4. The van der Waals surface area contributed by atoms with Crippen molar-refractivity contribution in [3.63, 3.8) is 0 Å². The molecule has 0 spiro atoms. The Hall–Kier alpha value is -3.16. The molecule has 3 aromatic rings. The standard InChI is InChI=1S/C16H16N6O2/c1-10-14-19-13(11-5-3-2-4-6-11)20-22(14)8-7-21(10)15(23)12-9-17-16(24)18-12/h2-6,9-10H,7-8H2,1H3,(H2,17,18,24)/t10-/m0/s1. The summed E-state index contributed by atoms with van der Waals surface area (Å²) in [6.45, 7) is 2.99. The molecule has 122 valence electrons. The largest absolute Gasteiger partial charge is 0.326 e. The summed E-state index contributed by atoms with van der Waals surface area (Å²) >= 11 is 0. The van der Waals surface area contributed by atoms with Crippen LogP contribution in [0, 0.1) is 0 Å². The first-order valence-electron chi connectivity index (χ1n) is 7.72. The number of aromatic nitrogens is 5. The molecule has 24 heavy (non-hydrogen) atoms. The van der Waals surface area contributed by atoms with Crippen molar-refractivity contribution in [1.82, 2.24) is 29.6 Å². The number of aromatic amines is 2. The lowest BCUT2D eigenvalue weighted by atomic mass is 10.2. The SMILES string of the molecule is C[C@H]1c2nc(-c3ccccc3)nn2CCN1C(=O)c1c[nH]c(=O)[nH]1. The fourth-order valence-electron chi connectivity index (χ4n) is 2.95. The molecule has 0 saturated carbocycles. The number of nitrogens with one attached hydrogen (secondary N) is 2. The average Bonchev–Trinajstić information content (AvgIpc) is 3.22. The van der Waals surface area contributed by atoms with Gasteiger partial charge < -0.3 is 14.9 Å². The summed E-state index contributed by atoms with van der Waals surface area (Å²) in [6, 6.07) is 9.52. The topological polar surface area (TPSA) is 99.7 Å². The zero-order chi connectivity index (χ0) is 16.7. The van der Waals surface area contributed by atoms with Crippen LogP contribution in [0.4, 0.5) is 0 Å². The number of fused-ring (bicyclic) bond motifs is 1. The number of carbonyl (C=O) groups is 1. The number of H-pyrrole nitrogens is 2.